The van der Waals surface area contributed by atoms with Gasteiger partial charge in [-0.05, 0) is 31.2 Å². The molecule has 2 aromatic rings. The van der Waals surface area contributed by atoms with Gasteiger partial charge in [-0.15, -0.1) is 0 Å². The number of aromatic nitrogens is 2. The van der Waals surface area contributed by atoms with Crippen LogP contribution in [0.15, 0.2) is 49.1 Å². The van der Waals surface area contributed by atoms with Crippen molar-refractivity contribution in [1.82, 2.24) is 14.5 Å². The van der Waals surface area contributed by atoms with Crippen LogP contribution in [0, 0.1) is 0 Å². The van der Waals surface area contributed by atoms with Crippen molar-refractivity contribution < 1.29 is 4.79 Å². The predicted octanol–water partition coefficient (Wildman–Crippen LogP) is 2.90. The minimum absolute atomic E-state index is 0.265. The molecule has 0 saturated carbocycles. The van der Waals surface area contributed by atoms with Crippen molar-refractivity contribution in [2.24, 2.45) is 0 Å². The molecule has 4 heteroatoms. The molecule has 0 N–H and O–H groups in total. The van der Waals surface area contributed by atoms with Gasteiger partial charge in [0.2, 0.25) is 5.91 Å². The second-order valence-electron chi connectivity index (χ2n) is 5.99. The van der Waals surface area contributed by atoms with E-state index in [-0.39, 0.29) is 5.91 Å². The number of imidazole rings is 1. The molecule has 0 spiro atoms. The molecule has 1 saturated heterocycles. The Kier molecular flexibility index (Phi) is 4.88. The summed E-state index contributed by atoms with van der Waals surface area (Å²) in [4.78, 5) is 18.8. The van der Waals surface area contributed by atoms with Gasteiger partial charge < -0.3 is 9.47 Å². The quantitative estimate of drug-likeness (QED) is 0.851. The van der Waals surface area contributed by atoms with Gasteiger partial charge in [0.05, 0.1) is 12.7 Å². The lowest BCUT2D eigenvalue weighted by Gasteiger charge is -2.36. The zero-order valence-electron chi connectivity index (χ0n) is 12.9. The minimum Gasteiger partial charge on any atom is -0.339 e. The summed E-state index contributed by atoms with van der Waals surface area (Å²) in [6.45, 7) is 1.83. The molecule has 1 amide bonds. The van der Waals surface area contributed by atoms with Crippen molar-refractivity contribution in [3.63, 3.8) is 0 Å². The molecule has 0 aliphatic carbocycles. The van der Waals surface area contributed by atoms with E-state index in [0.717, 1.165) is 37.9 Å². The Balaban J connectivity index is 1.60. The standard InChI is InChI=1S/C18H23N3O/c22-18(14-16-6-2-1-3-7-16)21-11-5-4-8-17(21)9-12-20-13-10-19-15-20/h1-3,6-7,10,13,15,17H,4-5,8-9,11-12,14H2. The summed E-state index contributed by atoms with van der Waals surface area (Å²) in [5.74, 6) is 0.265. The molecular formula is C18H23N3O. The molecule has 1 fully saturated rings. The van der Waals surface area contributed by atoms with Gasteiger partial charge in [0.1, 0.15) is 0 Å². The molecule has 1 aliphatic rings. The fourth-order valence-electron chi connectivity index (χ4n) is 3.22. The molecule has 0 bridgehead atoms. The number of carbonyl (C=O) groups excluding carboxylic acids is 1. The monoisotopic (exact) mass is 297 g/mol. The van der Waals surface area contributed by atoms with E-state index in [2.05, 4.69) is 14.5 Å². The van der Waals surface area contributed by atoms with Crippen molar-refractivity contribution >= 4 is 5.91 Å². The van der Waals surface area contributed by atoms with E-state index < -0.39 is 0 Å². The zero-order valence-corrected chi connectivity index (χ0v) is 12.9. The Morgan fingerprint density at radius 2 is 2.09 bits per heavy atom. The first-order chi connectivity index (χ1) is 10.8. The molecule has 1 aromatic carbocycles. The lowest BCUT2D eigenvalue weighted by Crippen LogP contribution is -2.44. The van der Waals surface area contributed by atoms with E-state index in [9.17, 15) is 4.79 Å². The first-order valence-electron chi connectivity index (χ1n) is 8.12. The van der Waals surface area contributed by atoms with Crippen LogP contribution in [0.4, 0.5) is 0 Å². The number of aryl methyl sites for hydroxylation is 1. The molecule has 1 aromatic heterocycles. The maximum Gasteiger partial charge on any atom is 0.227 e. The van der Waals surface area contributed by atoms with Crippen molar-refractivity contribution in [1.29, 1.82) is 0 Å². The van der Waals surface area contributed by atoms with Gasteiger partial charge in [-0.25, -0.2) is 4.98 Å². The Labute approximate surface area is 131 Å². The predicted molar refractivity (Wildman–Crippen MR) is 86.3 cm³/mol. The first kappa shape index (κ1) is 14.8. The number of amides is 1. The topological polar surface area (TPSA) is 38.1 Å². The number of nitrogens with zero attached hydrogens (tertiary/aromatic N) is 3. The Morgan fingerprint density at radius 3 is 2.86 bits per heavy atom. The van der Waals surface area contributed by atoms with Gasteiger partial charge in [0, 0.05) is 31.5 Å². The number of rotatable bonds is 5. The van der Waals surface area contributed by atoms with E-state index in [0.29, 0.717) is 12.5 Å². The number of benzene rings is 1. The highest BCUT2D eigenvalue weighted by atomic mass is 16.2. The van der Waals surface area contributed by atoms with Crippen LogP contribution in [-0.2, 0) is 17.8 Å². The van der Waals surface area contributed by atoms with Crippen molar-refractivity contribution in [2.75, 3.05) is 6.54 Å². The largest absolute Gasteiger partial charge is 0.339 e. The highest BCUT2D eigenvalue weighted by Crippen LogP contribution is 2.21. The summed E-state index contributed by atoms with van der Waals surface area (Å²) in [7, 11) is 0. The lowest BCUT2D eigenvalue weighted by molar-refractivity contribution is -0.134. The first-order valence-corrected chi connectivity index (χ1v) is 8.12. The molecule has 2 heterocycles. The van der Waals surface area contributed by atoms with Crippen LogP contribution in [0.25, 0.3) is 0 Å². The average Bonchev–Trinajstić information content (AvgIpc) is 3.07. The molecule has 0 radical (unpaired) electrons. The molecule has 116 valence electrons. The molecule has 1 unspecified atom stereocenters. The summed E-state index contributed by atoms with van der Waals surface area (Å²) in [5.41, 5.74) is 1.10. The second kappa shape index (κ2) is 7.25. The normalized spacial score (nSPS) is 18.4. The van der Waals surface area contributed by atoms with E-state index >= 15 is 0 Å². The zero-order chi connectivity index (χ0) is 15.2. The summed E-state index contributed by atoms with van der Waals surface area (Å²) < 4.78 is 2.09. The molecule has 4 nitrogen and oxygen atoms in total. The fraction of sp³-hybridized carbons (Fsp3) is 0.444. The van der Waals surface area contributed by atoms with Gasteiger partial charge in [-0.1, -0.05) is 30.3 Å². The highest BCUT2D eigenvalue weighted by Gasteiger charge is 2.26. The SMILES string of the molecule is O=C(Cc1ccccc1)N1CCCCC1CCn1ccnc1. The lowest BCUT2D eigenvalue weighted by atomic mass is 9.98. The third-order valence-corrected chi connectivity index (χ3v) is 4.43. The van der Waals surface area contributed by atoms with Gasteiger partial charge in [0.25, 0.3) is 0 Å². The van der Waals surface area contributed by atoms with Gasteiger partial charge in [0.15, 0.2) is 0 Å². The van der Waals surface area contributed by atoms with Gasteiger partial charge in [-0.2, -0.15) is 0 Å². The van der Waals surface area contributed by atoms with Crippen LogP contribution in [0.3, 0.4) is 0 Å². The molecular weight excluding hydrogens is 274 g/mol. The van der Waals surface area contributed by atoms with Crippen LogP contribution in [0.2, 0.25) is 0 Å². The average molecular weight is 297 g/mol. The number of piperidine rings is 1. The smallest absolute Gasteiger partial charge is 0.227 e. The molecule has 1 aliphatic heterocycles. The van der Waals surface area contributed by atoms with Crippen LogP contribution in [0.1, 0.15) is 31.2 Å². The van der Waals surface area contributed by atoms with Crippen LogP contribution in [-0.4, -0.2) is 32.9 Å². The van der Waals surface area contributed by atoms with E-state index in [1.165, 1.54) is 6.42 Å². The van der Waals surface area contributed by atoms with Crippen molar-refractivity contribution in [3.05, 3.63) is 54.6 Å². The Bertz CT molecular complexity index is 580. The van der Waals surface area contributed by atoms with Crippen LogP contribution < -0.4 is 0 Å². The molecule has 3 rings (SSSR count). The van der Waals surface area contributed by atoms with E-state index in [1.54, 1.807) is 6.20 Å². The summed E-state index contributed by atoms with van der Waals surface area (Å²) >= 11 is 0. The van der Waals surface area contributed by atoms with Gasteiger partial charge in [-0.3, -0.25) is 4.79 Å². The number of likely N-dealkylation sites (tertiary alicyclic amines) is 1. The van der Waals surface area contributed by atoms with Crippen molar-refractivity contribution in [2.45, 2.75) is 44.7 Å². The van der Waals surface area contributed by atoms with Crippen molar-refractivity contribution in [3.8, 4) is 0 Å². The Hall–Kier alpha value is -2.10. The summed E-state index contributed by atoms with van der Waals surface area (Å²) in [6.07, 6.45) is 10.6. The number of hydrogen-bond donors (Lipinski definition) is 0. The summed E-state index contributed by atoms with van der Waals surface area (Å²) in [5, 5.41) is 0. The fourth-order valence-corrected chi connectivity index (χ4v) is 3.22. The van der Waals surface area contributed by atoms with E-state index in [4.69, 9.17) is 0 Å². The Morgan fingerprint density at radius 1 is 1.23 bits per heavy atom. The molecule has 1 atom stereocenters. The second-order valence-corrected chi connectivity index (χ2v) is 5.99. The maximum absolute atomic E-state index is 12.6. The number of hydrogen-bond acceptors (Lipinski definition) is 2. The minimum atomic E-state index is 0.265. The molecule has 22 heavy (non-hydrogen) atoms. The van der Waals surface area contributed by atoms with E-state index in [1.807, 2.05) is 42.9 Å². The summed E-state index contributed by atoms with van der Waals surface area (Å²) in [6, 6.07) is 10.4. The van der Waals surface area contributed by atoms with Gasteiger partial charge >= 0.3 is 0 Å². The van der Waals surface area contributed by atoms with Crippen LogP contribution >= 0.6 is 0 Å². The third-order valence-electron chi connectivity index (χ3n) is 4.43. The number of carbonyl (C=O) groups is 1. The van der Waals surface area contributed by atoms with Crippen LogP contribution in [0.5, 0.6) is 0 Å². The maximum atomic E-state index is 12.6. The highest BCUT2D eigenvalue weighted by molar-refractivity contribution is 5.79. The third kappa shape index (κ3) is 3.75.